The molecule has 1 aromatic carbocycles. The van der Waals surface area contributed by atoms with Crippen molar-refractivity contribution in [1.29, 1.82) is 0 Å². The van der Waals surface area contributed by atoms with Gasteiger partial charge in [0.1, 0.15) is 0 Å². The molecule has 0 fully saturated rings. The van der Waals surface area contributed by atoms with Crippen molar-refractivity contribution < 1.29 is 9.32 Å². The van der Waals surface area contributed by atoms with Crippen LogP contribution in [0.4, 0.5) is 0 Å². The summed E-state index contributed by atoms with van der Waals surface area (Å²) in [6.07, 6.45) is 0. The maximum atomic E-state index is 11.2. The van der Waals surface area contributed by atoms with E-state index in [4.69, 9.17) is 17.3 Å². The lowest BCUT2D eigenvalue weighted by Gasteiger charge is -2.02. The fourth-order valence-electron chi connectivity index (χ4n) is 1.27. The molecule has 3 N–H and O–H groups in total. The number of amides is 1. The Morgan fingerprint density at radius 2 is 2.25 bits per heavy atom. The summed E-state index contributed by atoms with van der Waals surface area (Å²) in [5, 5.41) is 2.65. The summed E-state index contributed by atoms with van der Waals surface area (Å²) in [5.74, 6) is -1.31. The van der Waals surface area contributed by atoms with Crippen molar-refractivity contribution >= 4 is 17.5 Å². The van der Waals surface area contributed by atoms with Crippen LogP contribution in [-0.2, 0) is 0 Å². The van der Waals surface area contributed by atoms with E-state index in [0.717, 1.165) is 0 Å². The van der Waals surface area contributed by atoms with Gasteiger partial charge in [-0.25, -0.2) is 4.79 Å². The second-order valence-corrected chi connectivity index (χ2v) is 3.42. The van der Waals surface area contributed by atoms with Gasteiger partial charge in [-0.1, -0.05) is 11.6 Å². The van der Waals surface area contributed by atoms with Crippen LogP contribution in [0.3, 0.4) is 0 Å². The van der Waals surface area contributed by atoms with Crippen molar-refractivity contribution in [3.8, 4) is 11.4 Å². The van der Waals surface area contributed by atoms with Crippen LogP contribution in [-0.4, -0.2) is 16.0 Å². The smallest absolute Gasteiger partial charge is 0.366 e. The Morgan fingerprint density at radius 1 is 1.50 bits per heavy atom. The summed E-state index contributed by atoms with van der Waals surface area (Å²) >= 11 is 5.73. The minimum absolute atomic E-state index is 0.135. The van der Waals surface area contributed by atoms with E-state index in [2.05, 4.69) is 14.7 Å². The first kappa shape index (κ1) is 10.4. The number of nitrogens with one attached hydrogen (secondary N) is 1. The zero-order chi connectivity index (χ0) is 11.7. The molecule has 0 saturated carbocycles. The van der Waals surface area contributed by atoms with Gasteiger partial charge in [0, 0.05) is 10.6 Å². The molecule has 0 aliphatic carbocycles. The van der Waals surface area contributed by atoms with Crippen molar-refractivity contribution in [2.45, 2.75) is 0 Å². The number of H-pyrrole nitrogens is 1. The van der Waals surface area contributed by atoms with E-state index < -0.39 is 11.7 Å². The number of carbonyl (C=O) groups excluding carboxylic acids is 1. The lowest BCUT2D eigenvalue weighted by molar-refractivity contribution is 0.100. The SMILES string of the molecule is NC(=O)c1cc(Cl)ccc1-c1nc(=O)o[nH]1. The van der Waals surface area contributed by atoms with Gasteiger partial charge in [-0.05, 0) is 18.2 Å². The fraction of sp³-hybridized carbons (Fsp3) is 0. The molecular formula is C9H6ClN3O3. The molecular weight excluding hydrogens is 234 g/mol. The molecule has 0 radical (unpaired) electrons. The van der Waals surface area contributed by atoms with Crippen LogP contribution in [0, 0.1) is 0 Å². The number of benzene rings is 1. The van der Waals surface area contributed by atoms with E-state index in [1.165, 1.54) is 12.1 Å². The van der Waals surface area contributed by atoms with E-state index in [1.807, 2.05) is 0 Å². The summed E-state index contributed by atoms with van der Waals surface area (Å²) in [6, 6.07) is 4.47. The highest BCUT2D eigenvalue weighted by molar-refractivity contribution is 6.31. The van der Waals surface area contributed by atoms with Crippen LogP contribution in [0.2, 0.25) is 5.02 Å². The van der Waals surface area contributed by atoms with Gasteiger partial charge in [-0.15, -0.1) is 0 Å². The molecule has 0 bridgehead atoms. The average molecular weight is 240 g/mol. The maximum absolute atomic E-state index is 11.2. The van der Waals surface area contributed by atoms with Crippen molar-refractivity contribution in [2.75, 3.05) is 0 Å². The Hall–Kier alpha value is -2.08. The normalized spacial score (nSPS) is 10.3. The third-order valence-electron chi connectivity index (χ3n) is 1.94. The molecule has 16 heavy (non-hydrogen) atoms. The van der Waals surface area contributed by atoms with Gasteiger partial charge in [0.2, 0.25) is 5.91 Å². The third-order valence-corrected chi connectivity index (χ3v) is 2.18. The summed E-state index contributed by atoms with van der Waals surface area (Å²) in [4.78, 5) is 25.5. The van der Waals surface area contributed by atoms with E-state index in [1.54, 1.807) is 6.07 Å². The first-order chi connectivity index (χ1) is 7.58. The lowest BCUT2D eigenvalue weighted by atomic mass is 10.1. The van der Waals surface area contributed by atoms with E-state index >= 15 is 0 Å². The Morgan fingerprint density at radius 3 is 2.81 bits per heavy atom. The van der Waals surface area contributed by atoms with Crippen LogP contribution in [0.5, 0.6) is 0 Å². The lowest BCUT2D eigenvalue weighted by Crippen LogP contribution is -2.12. The zero-order valence-electron chi connectivity index (χ0n) is 7.86. The van der Waals surface area contributed by atoms with E-state index in [-0.39, 0.29) is 11.4 Å². The molecule has 7 heteroatoms. The van der Waals surface area contributed by atoms with Gasteiger partial charge >= 0.3 is 5.76 Å². The number of nitrogens with zero attached hydrogens (tertiary/aromatic N) is 1. The number of halogens is 1. The summed E-state index contributed by atoms with van der Waals surface area (Å²) in [5.41, 5.74) is 5.71. The summed E-state index contributed by atoms with van der Waals surface area (Å²) in [7, 11) is 0. The first-order valence-corrected chi connectivity index (χ1v) is 4.61. The molecule has 0 aliphatic rings. The molecule has 0 saturated heterocycles. The Bertz CT molecular complexity index is 602. The molecule has 82 valence electrons. The molecule has 6 nitrogen and oxygen atoms in total. The molecule has 2 rings (SSSR count). The highest BCUT2D eigenvalue weighted by Crippen LogP contribution is 2.22. The molecule has 1 aromatic heterocycles. The average Bonchev–Trinajstić information content (AvgIpc) is 2.64. The van der Waals surface area contributed by atoms with Crippen LogP contribution in [0.25, 0.3) is 11.4 Å². The maximum Gasteiger partial charge on any atom is 0.460 e. The first-order valence-electron chi connectivity index (χ1n) is 4.23. The monoisotopic (exact) mass is 239 g/mol. The van der Waals surface area contributed by atoms with Gasteiger partial charge in [0.25, 0.3) is 0 Å². The summed E-state index contributed by atoms with van der Waals surface area (Å²) < 4.78 is 4.41. The van der Waals surface area contributed by atoms with Gasteiger partial charge in [-0.3, -0.25) is 4.79 Å². The van der Waals surface area contributed by atoms with Crippen LogP contribution >= 0.6 is 11.6 Å². The molecule has 1 heterocycles. The van der Waals surface area contributed by atoms with Crippen LogP contribution in [0.1, 0.15) is 10.4 Å². The number of nitrogens with two attached hydrogens (primary N) is 1. The van der Waals surface area contributed by atoms with Crippen LogP contribution in [0.15, 0.2) is 27.5 Å². The van der Waals surface area contributed by atoms with Crippen LogP contribution < -0.4 is 11.5 Å². The van der Waals surface area contributed by atoms with Crippen molar-refractivity contribution in [3.05, 3.63) is 39.3 Å². The van der Waals surface area contributed by atoms with Crippen molar-refractivity contribution in [2.24, 2.45) is 5.73 Å². The predicted molar refractivity (Wildman–Crippen MR) is 56.1 cm³/mol. The second-order valence-electron chi connectivity index (χ2n) is 2.98. The molecule has 2 aromatic rings. The number of carbonyl (C=O) groups is 1. The highest BCUT2D eigenvalue weighted by atomic mass is 35.5. The van der Waals surface area contributed by atoms with Crippen molar-refractivity contribution in [3.63, 3.8) is 0 Å². The van der Waals surface area contributed by atoms with E-state index in [9.17, 15) is 9.59 Å². The van der Waals surface area contributed by atoms with Crippen molar-refractivity contribution in [1.82, 2.24) is 10.1 Å². The van der Waals surface area contributed by atoms with Gasteiger partial charge in [0.15, 0.2) is 5.82 Å². The Balaban J connectivity index is 2.64. The number of hydrogen-bond acceptors (Lipinski definition) is 4. The Labute approximate surface area is 94.0 Å². The number of aromatic nitrogens is 2. The molecule has 0 spiro atoms. The Kier molecular flexibility index (Phi) is 2.49. The molecule has 0 aliphatic heterocycles. The molecule has 1 amide bonds. The summed E-state index contributed by atoms with van der Waals surface area (Å²) in [6.45, 7) is 0. The van der Waals surface area contributed by atoms with E-state index in [0.29, 0.717) is 10.6 Å². The molecule has 0 atom stereocenters. The van der Waals surface area contributed by atoms with Gasteiger partial charge < -0.3 is 10.3 Å². The standard InChI is InChI=1S/C9H6ClN3O3/c10-4-1-2-5(6(3-4)7(11)14)8-12-9(15)16-13-8/h1-3H,(H2,11,14)(H,12,13,15). The highest BCUT2D eigenvalue weighted by Gasteiger charge is 2.13. The minimum Gasteiger partial charge on any atom is -0.366 e. The number of rotatable bonds is 2. The number of primary amides is 1. The largest absolute Gasteiger partial charge is 0.460 e. The minimum atomic E-state index is -0.777. The predicted octanol–water partition coefficient (Wildman–Crippen LogP) is 0.782. The number of hydrogen-bond donors (Lipinski definition) is 2. The fourth-order valence-corrected chi connectivity index (χ4v) is 1.44. The second kappa shape index (κ2) is 3.82. The third kappa shape index (κ3) is 1.82. The van der Waals surface area contributed by atoms with Gasteiger partial charge in [0.05, 0.1) is 5.56 Å². The van der Waals surface area contributed by atoms with Gasteiger partial charge in [-0.2, -0.15) is 10.1 Å². The zero-order valence-corrected chi connectivity index (χ0v) is 8.62. The quantitative estimate of drug-likeness (QED) is 0.808. The number of aromatic amines is 1. The molecule has 0 unspecified atom stereocenters. The topological polar surface area (TPSA) is 102 Å².